The lowest BCUT2D eigenvalue weighted by Crippen LogP contribution is -2.09. The van der Waals surface area contributed by atoms with Crippen LogP contribution in [0.4, 0.5) is 5.82 Å². The second-order valence-corrected chi connectivity index (χ2v) is 4.62. The maximum Gasteiger partial charge on any atom is 0.164 e. The van der Waals surface area contributed by atoms with E-state index in [2.05, 4.69) is 26.1 Å². The summed E-state index contributed by atoms with van der Waals surface area (Å²) < 4.78 is 6.28. The van der Waals surface area contributed by atoms with Crippen LogP contribution in [-0.2, 0) is 0 Å². The molecule has 0 amide bonds. The van der Waals surface area contributed by atoms with Gasteiger partial charge in [-0.1, -0.05) is 12.1 Å². The maximum atomic E-state index is 5.34. The monoisotopic (exact) mass is 295 g/mol. The van der Waals surface area contributed by atoms with Crippen molar-refractivity contribution in [2.75, 3.05) is 26.1 Å². The van der Waals surface area contributed by atoms with Crippen LogP contribution in [0.15, 0.2) is 28.7 Å². The Bertz CT molecular complexity index is 522. The summed E-state index contributed by atoms with van der Waals surface area (Å²) >= 11 is 3.56. The summed E-state index contributed by atoms with van der Waals surface area (Å²) in [7, 11) is 5.57. The number of H-pyrrole nitrogens is 1. The van der Waals surface area contributed by atoms with E-state index in [1.165, 1.54) is 0 Å². The largest absolute Gasteiger partial charge is 0.496 e. The molecule has 2 aromatic rings. The third kappa shape index (κ3) is 2.15. The van der Waals surface area contributed by atoms with Crippen LogP contribution in [0.2, 0.25) is 0 Å². The molecule has 4 nitrogen and oxygen atoms in total. The first kappa shape index (κ1) is 12.0. The first-order chi connectivity index (χ1) is 8.15. The Morgan fingerprint density at radius 1 is 1.29 bits per heavy atom. The molecule has 0 unspecified atom stereocenters. The molecular formula is C12H14BrN3O. The molecular weight excluding hydrogens is 282 g/mol. The fourth-order valence-corrected chi connectivity index (χ4v) is 2.39. The predicted octanol–water partition coefficient (Wildman–Crippen LogP) is 2.91. The van der Waals surface area contributed by atoms with Crippen LogP contribution in [0.5, 0.6) is 5.75 Å². The predicted molar refractivity (Wildman–Crippen MR) is 72.6 cm³/mol. The summed E-state index contributed by atoms with van der Waals surface area (Å²) in [4.78, 5) is 1.94. The molecule has 0 spiro atoms. The number of ether oxygens (including phenoxy) is 1. The average molecular weight is 296 g/mol. The standard InChI is InChI=1S/C12H14BrN3O/c1-16(2)12-10(13)11(14-15-12)8-6-4-5-7-9(8)17-3/h4-7H,1-3H3,(H,14,15). The first-order valence-corrected chi connectivity index (χ1v) is 5.99. The molecule has 0 atom stereocenters. The Kier molecular flexibility index (Phi) is 3.38. The van der Waals surface area contributed by atoms with E-state index in [4.69, 9.17) is 4.74 Å². The van der Waals surface area contributed by atoms with Crippen molar-refractivity contribution in [3.05, 3.63) is 28.7 Å². The molecule has 1 N–H and O–H groups in total. The van der Waals surface area contributed by atoms with Gasteiger partial charge in [0.1, 0.15) is 5.75 Å². The lowest BCUT2D eigenvalue weighted by molar-refractivity contribution is 0.416. The van der Waals surface area contributed by atoms with Gasteiger partial charge in [-0.2, -0.15) is 5.10 Å². The third-order valence-corrected chi connectivity index (χ3v) is 3.24. The molecule has 1 aromatic carbocycles. The van der Waals surface area contributed by atoms with Crippen molar-refractivity contribution in [1.82, 2.24) is 10.2 Å². The van der Waals surface area contributed by atoms with Crippen LogP contribution in [0, 0.1) is 0 Å². The molecule has 0 saturated heterocycles. The molecule has 0 aliphatic carbocycles. The van der Waals surface area contributed by atoms with Crippen molar-refractivity contribution >= 4 is 21.7 Å². The number of benzene rings is 1. The highest BCUT2D eigenvalue weighted by atomic mass is 79.9. The highest BCUT2D eigenvalue weighted by Crippen LogP contribution is 2.37. The Hall–Kier alpha value is -1.49. The van der Waals surface area contributed by atoms with Gasteiger partial charge in [0.2, 0.25) is 0 Å². The van der Waals surface area contributed by atoms with Gasteiger partial charge in [-0.3, -0.25) is 5.10 Å². The number of anilines is 1. The van der Waals surface area contributed by atoms with Gasteiger partial charge in [0, 0.05) is 19.7 Å². The summed E-state index contributed by atoms with van der Waals surface area (Å²) in [5.41, 5.74) is 1.91. The summed E-state index contributed by atoms with van der Waals surface area (Å²) in [6.07, 6.45) is 0. The van der Waals surface area contributed by atoms with Gasteiger partial charge in [-0.05, 0) is 28.1 Å². The van der Waals surface area contributed by atoms with E-state index >= 15 is 0 Å². The lowest BCUT2D eigenvalue weighted by atomic mass is 10.1. The molecule has 0 aliphatic heterocycles. The first-order valence-electron chi connectivity index (χ1n) is 5.19. The fraction of sp³-hybridized carbons (Fsp3) is 0.250. The second-order valence-electron chi connectivity index (χ2n) is 3.83. The van der Waals surface area contributed by atoms with Gasteiger partial charge < -0.3 is 9.64 Å². The molecule has 0 bridgehead atoms. The Morgan fingerprint density at radius 3 is 2.59 bits per heavy atom. The van der Waals surface area contributed by atoms with E-state index in [9.17, 15) is 0 Å². The molecule has 0 fully saturated rings. The van der Waals surface area contributed by atoms with Gasteiger partial charge in [0.05, 0.1) is 17.3 Å². The van der Waals surface area contributed by atoms with E-state index in [0.29, 0.717) is 0 Å². The van der Waals surface area contributed by atoms with Crippen molar-refractivity contribution in [2.45, 2.75) is 0 Å². The van der Waals surface area contributed by atoms with Crippen LogP contribution in [0.25, 0.3) is 11.3 Å². The zero-order valence-corrected chi connectivity index (χ0v) is 11.6. The van der Waals surface area contributed by atoms with Crippen LogP contribution >= 0.6 is 15.9 Å². The summed E-state index contributed by atoms with van der Waals surface area (Å²) in [6, 6.07) is 7.84. The summed E-state index contributed by atoms with van der Waals surface area (Å²) in [5.74, 6) is 1.69. The quantitative estimate of drug-likeness (QED) is 0.947. The van der Waals surface area contributed by atoms with Crippen LogP contribution in [-0.4, -0.2) is 31.4 Å². The van der Waals surface area contributed by atoms with Crippen LogP contribution in [0.1, 0.15) is 0 Å². The third-order valence-electron chi connectivity index (χ3n) is 2.49. The van der Waals surface area contributed by atoms with E-state index in [1.54, 1.807) is 7.11 Å². The molecule has 0 radical (unpaired) electrons. The molecule has 17 heavy (non-hydrogen) atoms. The van der Waals surface area contributed by atoms with E-state index in [-0.39, 0.29) is 0 Å². The minimum absolute atomic E-state index is 0.821. The minimum Gasteiger partial charge on any atom is -0.496 e. The average Bonchev–Trinajstić information content (AvgIpc) is 2.71. The topological polar surface area (TPSA) is 41.1 Å². The van der Waals surface area contributed by atoms with Crippen LogP contribution < -0.4 is 9.64 Å². The van der Waals surface area contributed by atoms with Crippen molar-refractivity contribution in [1.29, 1.82) is 0 Å². The second kappa shape index (κ2) is 4.79. The Balaban J connectivity index is 2.53. The Morgan fingerprint density at radius 2 is 2.00 bits per heavy atom. The van der Waals surface area contributed by atoms with Gasteiger partial charge in [-0.25, -0.2) is 0 Å². The summed E-state index contributed by atoms with van der Waals surface area (Å²) in [5, 5.41) is 7.29. The fourth-order valence-electron chi connectivity index (χ4n) is 1.64. The van der Waals surface area contributed by atoms with E-state index in [0.717, 1.165) is 27.3 Å². The van der Waals surface area contributed by atoms with Crippen LogP contribution in [0.3, 0.4) is 0 Å². The molecule has 1 aromatic heterocycles. The number of hydrogen-bond acceptors (Lipinski definition) is 3. The number of methoxy groups -OCH3 is 1. The highest BCUT2D eigenvalue weighted by Gasteiger charge is 2.16. The minimum atomic E-state index is 0.821. The summed E-state index contributed by atoms with van der Waals surface area (Å²) in [6.45, 7) is 0. The number of nitrogens with one attached hydrogen (secondary N) is 1. The molecule has 0 aliphatic rings. The molecule has 90 valence electrons. The molecule has 5 heteroatoms. The molecule has 2 rings (SSSR count). The number of halogens is 1. The smallest absolute Gasteiger partial charge is 0.164 e. The Labute approximate surface area is 109 Å². The van der Waals surface area contributed by atoms with Crippen molar-refractivity contribution in [3.63, 3.8) is 0 Å². The van der Waals surface area contributed by atoms with Gasteiger partial charge >= 0.3 is 0 Å². The maximum absolute atomic E-state index is 5.34. The van der Waals surface area contributed by atoms with Gasteiger partial charge in [0.15, 0.2) is 5.82 Å². The number of rotatable bonds is 3. The lowest BCUT2D eigenvalue weighted by Gasteiger charge is -2.09. The highest BCUT2D eigenvalue weighted by molar-refractivity contribution is 9.10. The number of hydrogen-bond donors (Lipinski definition) is 1. The van der Waals surface area contributed by atoms with E-state index < -0.39 is 0 Å². The molecule has 1 heterocycles. The number of para-hydroxylation sites is 1. The van der Waals surface area contributed by atoms with Crippen molar-refractivity contribution in [3.8, 4) is 17.0 Å². The zero-order chi connectivity index (χ0) is 12.4. The van der Waals surface area contributed by atoms with E-state index in [1.807, 2.05) is 43.3 Å². The SMILES string of the molecule is COc1ccccc1-c1[nH]nc(N(C)C)c1Br. The van der Waals surface area contributed by atoms with Gasteiger partial charge in [0.25, 0.3) is 0 Å². The van der Waals surface area contributed by atoms with Crippen molar-refractivity contribution < 1.29 is 4.74 Å². The normalized spacial score (nSPS) is 10.4. The zero-order valence-electron chi connectivity index (χ0n) is 9.99. The number of nitrogens with zero attached hydrogens (tertiary/aromatic N) is 2. The van der Waals surface area contributed by atoms with Gasteiger partial charge in [-0.15, -0.1) is 0 Å². The number of aromatic amines is 1. The molecule has 0 saturated carbocycles. The van der Waals surface area contributed by atoms with Crippen molar-refractivity contribution in [2.24, 2.45) is 0 Å². The number of aromatic nitrogens is 2.